The third-order valence-corrected chi connectivity index (χ3v) is 9.36. The molecule has 2 aliphatic rings. The molecule has 2 aliphatic heterocycles. The highest BCUT2D eigenvalue weighted by molar-refractivity contribution is 7.12. The van der Waals surface area contributed by atoms with Gasteiger partial charge in [-0.15, -0.1) is 11.3 Å². The largest absolute Gasteiger partial charge is 0.493 e. The summed E-state index contributed by atoms with van der Waals surface area (Å²) < 4.78 is 28.4. The topological polar surface area (TPSA) is 234 Å². The van der Waals surface area contributed by atoms with Crippen LogP contribution >= 0.6 is 11.3 Å². The first kappa shape index (κ1) is 40.0. The fourth-order valence-corrected chi connectivity index (χ4v) is 6.51. The molecule has 0 saturated carbocycles. The molecule has 2 bridgehead atoms. The number of hydrogen-bond acceptors (Lipinski definition) is 14. The second-order valence-electron chi connectivity index (χ2n) is 12.6. The van der Waals surface area contributed by atoms with Gasteiger partial charge in [-0.2, -0.15) is 4.98 Å². The van der Waals surface area contributed by atoms with Gasteiger partial charge in [-0.25, -0.2) is 0 Å². The zero-order chi connectivity index (χ0) is 39.5. The van der Waals surface area contributed by atoms with Crippen LogP contribution in [0.2, 0.25) is 0 Å². The molecule has 4 aromatic rings. The zero-order valence-corrected chi connectivity index (χ0v) is 31.3. The molecular weight excluding hydrogens is 739 g/mol. The lowest BCUT2D eigenvalue weighted by molar-refractivity contribution is -0.130. The Kier molecular flexibility index (Phi) is 13.6. The van der Waals surface area contributed by atoms with E-state index >= 15 is 0 Å². The molecule has 0 spiro atoms. The first-order valence-electron chi connectivity index (χ1n) is 17.2. The Labute approximate surface area is 319 Å². The maximum absolute atomic E-state index is 14.0. The summed E-state index contributed by atoms with van der Waals surface area (Å²) >= 11 is 1.15. The van der Waals surface area contributed by atoms with Crippen LogP contribution < -0.4 is 34.9 Å². The fourth-order valence-electron chi connectivity index (χ4n) is 5.61. The molecule has 4 amide bonds. The van der Waals surface area contributed by atoms with Crippen LogP contribution in [0.15, 0.2) is 52.5 Å². The summed E-state index contributed by atoms with van der Waals surface area (Å²) in [5, 5.41) is 21.2. The molecule has 55 heavy (non-hydrogen) atoms. The molecule has 3 atom stereocenters. The van der Waals surface area contributed by atoms with Gasteiger partial charge in [-0.1, -0.05) is 25.1 Å². The number of fused-ring (bicyclic) bond motifs is 3. The van der Waals surface area contributed by atoms with E-state index in [1.807, 2.05) is 13.8 Å². The van der Waals surface area contributed by atoms with Crippen molar-refractivity contribution in [3.63, 3.8) is 0 Å². The second kappa shape index (κ2) is 18.7. The molecule has 292 valence electrons. The van der Waals surface area contributed by atoms with E-state index < -0.39 is 41.8 Å². The Morgan fingerprint density at radius 1 is 1.15 bits per heavy atom. The maximum Gasteiger partial charge on any atom is 0.290 e. The quantitative estimate of drug-likeness (QED) is 0.188. The molecule has 5 heterocycles. The minimum atomic E-state index is -1.30. The van der Waals surface area contributed by atoms with Crippen molar-refractivity contribution in [2.24, 2.45) is 5.92 Å². The van der Waals surface area contributed by atoms with E-state index in [0.717, 1.165) is 11.3 Å². The Hall–Kier alpha value is -6.24. The first-order valence-corrected chi connectivity index (χ1v) is 18.1. The van der Waals surface area contributed by atoms with Gasteiger partial charge in [0.15, 0.2) is 29.1 Å². The summed E-state index contributed by atoms with van der Waals surface area (Å²) in [5.41, 5.74) is 0.784. The average Bonchev–Trinajstić information content (AvgIpc) is 3.84. The Morgan fingerprint density at radius 2 is 1.93 bits per heavy atom. The van der Waals surface area contributed by atoms with Crippen LogP contribution in [0.1, 0.15) is 46.7 Å². The molecule has 0 fully saturated rings. The van der Waals surface area contributed by atoms with Gasteiger partial charge >= 0.3 is 0 Å². The van der Waals surface area contributed by atoms with Crippen LogP contribution in [0.3, 0.4) is 0 Å². The van der Waals surface area contributed by atoms with Crippen molar-refractivity contribution in [2.75, 3.05) is 40.0 Å². The highest BCUT2D eigenvalue weighted by Crippen LogP contribution is 2.40. The van der Waals surface area contributed by atoms with Crippen molar-refractivity contribution < 1.29 is 52.5 Å². The summed E-state index contributed by atoms with van der Waals surface area (Å²) in [6.45, 7) is 5.54. The lowest BCUT2D eigenvalue weighted by atomic mass is 10.0. The van der Waals surface area contributed by atoms with Crippen molar-refractivity contribution >= 4 is 41.4 Å². The molecule has 6 rings (SSSR count). The van der Waals surface area contributed by atoms with Crippen LogP contribution in [-0.4, -0.2) is 113 Å². The number of amides is 4. The number of pyridine rings is 1. The molecule has 0 saturated heterocycles. The van der Waals surface area contributed by atoms with Crippen molar-refractivity contribution in [1.82, 2.24) is 36.0 Å². The number of aromatic nitrogens is 3. The summed E-state index contributed by atoms with van der Waals surface area (Å²) in [7, 11) is 1.44. The van der Waals surface area contributed by atoms with Gasteiger partial charge in [0.05, 0.1) is 19.7 Å². The first-order chi connectivity index (χ1) is 26.5. The van der Waals surface area contributed by atoms with Gasteiger partial charge in [-0.3, -0.25) is 29.0 Å². The number of nitrogens with zero attached hydrogens (tertiary/aromatic N) is 4. The molecule has 19 heteroatoms. The van der Waals surface area contributed by atoms with Crippen LogP contribution in [0, 0.1) is 5.92 Å². The van der Waals surface area contributed by atoms with Crippen LogP contribution in [0.5, 0.6) is 23.0 Å². The monoisotopic (exact) mass is 779 g/mol. The van der Waals surface area contributed by atoms with Crippen molar-refractivity contribution in [3.05, 3.63) is 64.3 Å². The number of methoxy groups -OCH3 is 1. The number of carbonyl (C=O) groups excluding carboxylic acids is 4. The lowest BCUT2D eigenvalue weighted by Crippen LogP contribution is -2.55. The van der Waals surface area contributed by atoms with Gasteiger partial charge < -0.3 is 49.4 Å². The maximum atomic E-state index is 14.0. The van der Waals surface area contributed by atoms with E-state index in [1.54, 1.807) is 48.8 Å². The van der Waals surface area contributed by atoms with E-state index in [0.29, 0.717) is 29.6 Å². The van der Waals surface area contributed by atoms with E-state index in [-0.39, 0.29) is 72.9 Å². The van der Waals surface area contributed by atoms with E-state index in [1.165, 1.54) is 18.1 Å². The number of nitrogens with one attached hydrogen (secondary N) is 3. The minimum absolute atomic E-state index is 0.0126. The van der Waals surface area contributed by atoms with Crippen molar-refractivity contribution in [3.8, 4) is 34.5 Å². The van der Waals surface area contributed by atoms with Crippen LogP contribution in [-0.2, 0) is 20.8 Å². The van der Waals surface area contributed by atoms with E-state index in [4.69, 9.17) is 33.4 Å². The summed E-state index contributed by atoms with van der Waals surface area (Å²) in [6.07, 6.45) is 0.522. The Bertz CT molecular complexity index is 1970. The number of benzene rings is 1. The zero-order valence-electron chi connectivity index (χ0n) is 30.5. The SMILES string of the molecule is COc1ccc2cc1O[C@@H](C(=O)NCCc1nc(-c3ccccn3)no1)[C@H](C)NC(=O)CN(C(=O)c1scc3c1OCCO3)C[C@H](C(C)C)NC2=O.O=CO. The predicted molar refractivity (Wildman–Crippen MR) is 195 cm³/mol. The molecule has 0 unspecified atom stereocenters. The number of thiophene rings is 1. The molecule has 3 aromatic heterocycles. The van der Waals surface area contributed by atoms with Crippen molar-refractivity contribution in [1.29, 1.82) is 0 Å². The number of rotatable bonds is 8. The highest BCUT2D eigenvalue weighted by Gasteiger charge is 2.34. The second-order valence-corrected chi connectivity index (χ2v) is 13.5. The van der Waals surface area contributed by atoms with Gasteiger partial charge in [0, 0.05) is 42.7 Å². The Balaban J connectivity index is 0.00000187. The lowest BCUT2D eigenvalue weighted by Gasteiger charge is -2.32. The van der Waals surface area contributed by atoms with Gasteiger partial charge in [0.1, 0.15) is 23.8 Å². The minimum Gasteiger partial charge on any atom is -0.493 e. The number of ether oxygens (including phenoxy) is 4. The summed E-state index contributed by atoms with van der Waals surface area (Å²) in [6, 6.07) is 8.49. The smallest absolute Gasteiger partial charge is 0.290 e. The number of carbonyl (C=O) groups is 5. The van der Waals surface area contributed by atoms with Gasteiger partial charge in [0.2, 0.25) is 17.6 Å². The summed E-state index contributed by atoms with van der Waals surface area (Å²) in [4.78, 5) is 73.7. The van der Waals surface area contributed by atoms with Crippen molar-refractivity contribution in [2.45, 2.75) is 45.4 Å². The van der Waals surface area contributed by atoms with Gasteiger partial charge in [0.25, 0.3) is 24.2 Å². The molecule has 0 aliphatic carbocycles. The van der Waals surface area contributed by atoms with Crippen LogP contribution in [0.25, 0.3) is 11.5 Å². The van der Waals surface area contributed by atoms with Gasteiger partial charge in [-0.05, 0) is 43.2 Å². The predicted octanol–water partition coefficient (Wildman–Crippen LogP) is 2.20. The molecule has 1 aromatic carbocycles. The average molecular weight is 780 g/mol. The van der Waals surface area contributed by atoms with Crippen LogP contribution in [0.4, 0.5) is 0 Å². The third-order valence-electron chi connectivity index (χ3n) is 8.44. The Morgan fingerprint density at radius 3 is 2.65 bits per heavy atom. The summed E-state index contributed by atoms with van der Waals surface area (Å²) in [5.74, 6) is -0.378. The highest BCUT2D eigenvalue weighted by atomic mass is 32.1. The van der Waals surface area contributed by atoms with E-state index in [2.05, 4.69) is 31.1 Å². The molecule has 4 N–H and O–H groups in total. The molecule has 0 radical (unpaired) electrons. The molecular formula is C36H41N7O11S. The third kappa shape index (κ3) is 10.0. The number of hydrogen-bond donors (Lipinski definition) is 4. The van der Waals surface area contributed by atoms with E-state index in [9.17, 15) is 19.2 Å². The fraction of sp³-hybridized carbons (Fsp3) is 0.389. The standard InChI is InChI=1S/C35H39N7O9S.CH2O2/c1-19(2)23-16-42(35(46)31-30-26(18-52-31)48-13-14-49-30)17-27(43)38-20(3)29(50-25-15-21(33(44)39-23)8-9-24(25)47-4)34(45)37-12-10-28-40-32(41-51-28)22-7-5-6-11-36-22;2-1-3/h5-9,11,15,18-20,23,29H,10,12-14,16-17H2,1-4H3,(H,37,45)(H,38,43)(H,39,44);1H,(H,2,3)/t20-,23+,29+;/m0./s1. The molecule has 18 nitrogen and oxygen atoms in total. The normalized spacial score (nSPS) is 18.3. The number of carboxylic acid groups (broad SMARTS) is 1.